The van der Waals surface area contributed by atoms with Crippen molar-refractivity contribution in [2.75, 3.05) is 0 Å². The monoisotopic (exact) mass is 263 g/mol. The zero-order valence-electron chi connectivity index (χ0n) is 10.8. The summed E-state index contributed by atoms with van der Waals surface area (Å²) in [6.07, 6.45) is 1.00. The van der Waals surface area contributed by atoms with Gasteiger partial charge in [0.2, 0.25) is 0 Å². The van der Waals surface area contributed by atoms with E-state index < -0.39 is 22.4 Å². The van der Waals surface area contributed by atoms with E-state index >= 15 is 0 Å². The molecule has 0 radical (unpaired) electrons. The summed E-state index contributed by atoms with van der Waals surface area (Å²) in [7, 11) is 0. The van der Waals surface area contributed by atoms with Crippen LogP contribution in [0.5, 0.6) is 0 Å². The van der Waals surface area contributed by atoms with Gasteiger partial charge in [-0.25, -0.2) is 0 Å². The Bertz CT molecular complexity index is 525. The van der Waals surface area contributed by atoms with E-state index in [0.717, 1.165) is 6.20 Å². The molecule has 0 N–H and O–H groups in total. The van der Waals surface area contributed by atoms with Gasteiger partial charge in [0.1, 0.15) is 11.8 Å². The molecule has 1 unspecified atom stereocenters. The van der Waals surface area contributed by atoms with Crippen LogP contribution >= 0.6 is 0 Å². The molecule has 1 rings (SSSR count). The molecule has 1 heterocycles. The molecule has 0 amide bonds. The van der Waals surface area contributed by atoms with E-state index in [-0.39, 0.29) is 11.4 Å². The zero-order valence-corrected chi connectivity index (χ0v) is 10.8. The molecule has 1 atom stereocenters. The zero-order chi connectivity index (χ0) is 14.6. The Morgan fingerprint density at radius 1 is 1.53 bits per heavy atom. The molecule has 100 valence electrons. The van der Waals surface area contributed by atoms with Crippen LogP contribution in [0, 0.1) is 21.4 Å². The van der Waals surface area contributed by atoms with Crippen LogP contribution in [-0.2, 0) is 9.53 Å². The highest BCUT2D eigenvalue weighted by Crippen LogP contribution is 2.20. The smallest absolute Gasteiger partial charge is 0.330 e. The van der Waals surface area contributed by atoms with Gasteiger partial charge in [-0.1, -0.05) is 0 Å². The van der Waals surface area contributed by atoms with Gasteiger partial charge in [-0.2, -0.15) is 5.26 Å². The lowest BCUT2D eigenvalue weighted by molar-refractivity contribution is -0.385. The average molecular weight is 263 g/mol. The van der Waals surface area contributed by atoms with Crippen LogP contribution in [0.1, 0.15) is 32.4 Å². The number of hydrogen-bond donors (Lipinski definition) is 0. The second kappa shape index (κ2) is 5.44. The SMILES string of the molecule is CC(C)(C)OC(=O)C(C#N)c1ccc([N+](=O)[O-])cn1. The minimum atomic E-state index is -1.19. The predicted octanol–water partition coefficient (Wildman–Crippen LogP) is 1.94. The summed E-state index contributed by atoms with van der Waals surface area (Å²) in [4.78, 5) is 25.4. The Balaban J connectivity index is 2.95. The lowest BCUT2D eigenvalue weighted by Gasteiger charge is -2.21. The van der Waals surface area contributed by atoms with Gasteiger partial charge in [-0.05, 0) is 26.8 Å². The summed E-state index contributed by atoms with van der Waals surface area (Å²) >= 11 is 0. The summed E-state index contributed by atoms with van der Waals surface area (Å²) in [6, 6.07) is 4.25. The van der Waals surface area contributed by atoms with Gasteiger partial charge >= 0.3 is 5.97 Å². The lowest BCUT2D eigenvalue weighted by atomic mass is 10.1. The summed E-state index contributed by atoms with van der Waals surface area (Å²) in [6.45, 7) is 5.05. The summed E-state index contributed by atoms with van der Waals surface area (Å²) in [5.41, 5.74) is -0.792. The van der Waals surface area contributed by atoms with Crippen LogP contribution in [0.15, 0.2) is 18.3 Å². The molecule has 0 saturated carbocycles. The molecule has 0 saturated heterocycles. The van der Waals surface area contributed by atoms with Crippen molar-refractivity contribution in [2.24, 2.45) is 0 Å². The Hall–Kier alpha value is -2.49. The van der Waals surface area contributed by atoms with Crippen LogP contribution in [-0.4, -0.2) is 21.5 Å². The maximum atomic E-state index is 11.8. The van der Waals surface area contributed by atoms with Crippen LogP contribution in [0.3, 0.4) is 0 Å². The van der Waals surface area contributed by atoms with Crippen molar-refractivity contribution < 1.29 is 14.5 Å². The number of pyridine rings is 1. The lowest BCUT2D eigenvalue weighted by Crippen LogP contribution is -2.27. The van der Waals surface area contributed by atoms with E-state index in [9.17, 15) is 14.9 Å². The molecular formula is C12H13N3O4. The molecule has 1 aromatic rings. The van der Waals surface area contributed by atoms with Gasteiger partial charge < -0.3 is 4.74 Å². The first-order valence-corrected chi connectivity index (χ1v) is 5.47. The van der Waals surface area contributed by atoms with E-state index in [2.05, 4.69) is 4.98 Å². The maximum absolute atomic E-state index is 11.8. The number of nitriles is 1. The first-order chi connectivity index (χ1) is 8.74. The third kappa shape index (κ3) is 4.03. The highest BCUT2D eigenvalue weighted by atomic mass is 16.6. The first-order valence-electron chi connectivity index (χ1n) is 5.47. The highest BCUT2D eigenvalue weighted by molar-refractivity contribution is 5.81. The maximum Gasteiger partial charge on any atom is 0.330 e. The molecule has 19 heavy (non-hydrogen) atoms. The minimum absolute atomic E-state index is 0.127. The van der Waals surface area contributed by atoms with Crippen molar-refractivity contribution in [3.8, 4) is 6.07 Å². The summed E-state index contributed by atoms with van der Waals surface area (Å²) in [5.74, 6) is -1.92. The number of carbonyl (C=O) groups excluding carboxylic acids is 1. The molecule has 0 fully saturated rings. The van der Waals surface area contributed by atoms with Crippen molar-refractivity contribution in [1.82, 2.24) is 4.98 Å². The van der Waals surface area contributed by atoms with Crippen LogP contribution in [0.4, 0.5) is 5.69 Å². The second-order valence-corrected chi connectivity index (χ2v) is 4.79. The van der Waals surface area contributed by atoms with Crippen LogP contribution in [0.2, 0.25) is 0 Å². The van der Waals surface area contributed by atoms with Crippen molar-refractivity contribution in [3.63, 3.8) is 0 Å². The van der Waals surface area contributed by atoms with Crippen molar-refractivity contribution in [3.05, 3.63) is 34.1 Å². The fraction of sp³-hybridized carbons (Fsp3) is 0.417. The molecule has 0 spiro atoms. The normalized spacial score (nSPS) is 12.3. The minimum Gasteiger partial charge on any atom is -0.459 e. The first kappa shape index (κ1) is 14.6. The Morgan fingerprint density at radius 2 is 2.16 bits per heavy atom. The quantitative estimate of drug-likeness (QED) is 0.468. The van der Waals surface area contributed by atoms with E-state index in [4.69, 9.17) is 10.00 Å². The second-order valence-electron chi connectivity index (χ2n) is 4.79. The fourth-order valence-corrected chi connectivity index (χ4v) is 1.28. The van der Waals surface area contributed by atoms with Gasteiger partial charge in [0.25, 0.3) is 5.69 Å². The van der Waals surface area contributed by atoms with E-state index in [1.807, 2.05) is 0 Å². The van der Waals surface area contributed by atoms with Gasteiger partial charge in [0.05, 0.1) is 16.7 Å². The summed E-state index contributed by atoms with van der Waals surface area (Å²) < 4.78 is 5.09. The number of nitrogens with zero attached hydrogens (tertiary/aromatic N) is 3. The average Bonchev–Trinajstić information content (AvgIpc) is 2.28. The number of carbonyl (C=O) groups is 1. The number of rotatable bonds is 3. The van der Waals surface area contributed by atoms with Gasteiger partial charge in [-0.15, -0.1) is 0 Å². The number of aromatic nitrogens is 1. The van der Waals surface area contributed by atoms with Crippen molar-refractivity contribution in [1.29, 1.82) is 5.26 Å². The van der Waals surface area contributed by atoms with Crippen molar-refractivity contribution in [2.45, 2.75) is 32.3 Å². The van der Waals surface area contributed by atoms with Gasteiger partial charge in [-0.3, -0.25) is 19.9 Å². The van der Waals surface area contributed by atoms with Crippen molar-refractivity contribution >= 4 is 11.7 Å². The number of nitro groups is 1. The topological polar surface area (TPSA) is 106 Å². The molecule has 7 heteroatoms. The Labute approximate surface area is 110 Å². The number of ether oxygens (including phenoxy) is 1. The van der Waals surface area contributed by atoms with E-state index in [0.29, 0.717) is 0 Å². The molecular weight excluding hydrogens is 250 g/mol. The molecule has 7 nitrogen and oxygen atoms in total. The Kier molecular flexibility index (Phi) is 4.17. The Morgan fingerprint density at radius 3 is 2.53 bits per heavy atom. The third-order valence-corrected chi connectivity index (χ3v) is 2.05. The molecule has 0 aromatic carbocycles. The van der Waals surface area contributed by atoms with Crippen LogP contribution < -0.4 is 0 Å². The number of esters is 1. The fourth-order valence-electron chi connectivity index (χ4n) is 1.28. The molecule has 0 aliphatic carbocycles. The molecule has 0 bridgehead atoms. The molecule has 0 aliphatic heterocycles. The van der Waals surface area contributed by atoms with Crippen LogP contribution in [0.25, 0.3) is 0 Å². The van der Waals surface area contributed by atoms with Gasteiger partial charge in [0, 0.05) is 6.07 Å². The highest BCUT2D eigenvalue weighted by Gasteiger charge is 2.28. The van der Waals surface area contributed by atoms with E-state index in [1.54, 1.807) is 26.8 Å². The van der Waals surface area contributed by atoms with E-state index in [1.165, 1.54) is 12.1 Å². The third-order valence-electron chi connectivity index (χ3n) is 2.05. The largest absolute Gasteiger partial charge is 0.459 e. The number of hydrogen-bond acceptors (Lipinski definition) is 6. The molecule has 0 aliphatic rings. The standard InChI is InChI=1S/C12H13N3O4/c1-12(2,3)19-11(16)9(6-13)10-5-4-8(7-14-10)15(17)18/h4-5,7,9H,1-3H3. The molecule has 1 aromatic heterocycles. The van der Waals surface area contributed by atoms with Gasteiger partial charge in [0.15, 0.2) is 5.92 Å². The summed E-state index contributed by atoms with van der Waals surface area (Å²) in [5, 5.41) is 19.5. The predicted molar refractivity (Wildman–Crippen MR) is 65.1 cm³/mol.